The first kappa shape index (κ1) is 16.6. The fourth-order valence-corrected chi connectivity index (χ4v) is 4.33. The first-order valence-corrected chi connectivity index (χ1v) is 10.1. The summed E-state index contributed by atoms with van der Waals surface area (Å²) in [5.74, 6) is 2.20. The average Bonchev–Trinajstić information content (AvgIpc) is 3.23. The number of nitrogens with one attached hydrogen (secondary N) is 2. The second-order valence-corrected chi connectivity index (χ2v) is 8.50. The minimum absolute atomic E-state index is 0.126. The Hall–Kier alpha value is -0.720. The van der Waals surface area contributed by atoms with E-state index in [4.69, 9.17) is 0 Å². The molecule has 1 aliphatic rings. The fraction of sp³-hybridized carbons (Fsp3) is 0.600. The molecule has 0 bridgehead atoms. The van der Waals surface area contributed by atoms with Crippen molar-refractivity contribution >= 4 is 27.5 Å². The van der Waals surface area contributed by atoms with Crippen LogP contribution in [0.5, 0.6) is 0 Å². The second kappa shape index (κ2) is 7.51. The van der Waals surface area contributed by atoms with Crippen LogP contribution in [0.25, 0.3) is 0 Å². The van der Waals surface area contributed by atoms with E-state index >= 15 is 0 Å². The lowest BCUT2D eigenvalue weighted by Gasteiger charge is -2.18. The van der Waals surface area contributed by atoms with Crippen LogP contribution in [0, 0.1) is 0 Å². The number of hydrogen-bond acceptors (Lipinski definition) is 4. The maximum absolute atomic E-state index is 12.4. The van der Waals surface area contributed by atoms with Gasteiger partial charge in [0.25, 0.3) is 0 Å². The van der Waals surface area contributed by atoms with Gasteiger partial charge in [-0.1, -0.05) is 19.1 Å². The molecule has 0 saturated heterocycles. The van der Waals surface area contributed by atoms with Gasteiger partial charge in [-0.15, -0.1) is 0 Å². The molecular weight excluding hydrogens is 304 g/mol. The quantitative estimate of drug-likeness (QED) is 0.684. The van der Waals surface area contributed by atoms with E-state index in [-0.39, 0.29) is 12.1 Å². The standard InChI is InChI=1S/C15H24N2O2S2/c1-3-20-11-10-12(2)16-14-6-4-5-7-15(14)21(18,19)17-13-8-9-13/h4-7,12-13,16-17H,3,8-11H2,1-2H3. The van der Waals surface area contributed by atoms with Gasteiger partial charge in [0.05, 0.1) is 5.69 Å². The van der Waals surface area contributed by atoms with Gasteiger partial charge in [0.15, 0.2) is 0 Å². The molecule has 0 heterocycles. The van der Waals surface area contributed by atoms with Crippen LogP contribution in [0.1, 0.15) is 33.1 Å². The van der Waals surface area contributed by atoms with Crippen molar-refractivity contribution < 1.29 is 8.42 Å². The van der Waals surface area contributed by atoms with E-state index < -0.39 is 10.0 Å². The van der Waals surface area contributed by atoms with Gasteiger partial charge in [0, 0.05) is 12.1 Å². The highest BCUT2D eigenvalue weighted by molar-refractivity contribution is 7.99. The van der Waals surface area contributed by atoms with Crippen molar-refractivity contribution in [3.8, 4) is 0 Å². The van der Waals surface area contributed by atoms with Crippen molar-refractivity contribution in [3.05, 3.63) is 24.3 Å². The summed E-state index contributed by atoms with van der Waals surface area (Å²) in [4.78, 5) is 0.354. The summed E-state index contributed by atoms with van der Waals surface area (Å²) in [6.45, 7) is 4.24. The largest absolute Gasteiger partial charge is 0.381 e. The summed E-state index contributed by atoms with van der Waals surface area (Å²) >= 11 is 1.90. The highest BCUT2D eigenvalue weighted by Crippen LogP contribution is 2.26. The molecule has 1 unspecified atom stereocenters. The summed E-state index contributed by atoms with van der Waals surface area (Å²) < 4.78 is 27.5. The first-order chi connectivity index (χ1) is 10.0. The molecule has 2 N–H and O–H groups in total. The van der Waals surface area contributed by atoms with Crippen molar-refractivity contribution in [2.24, 2.45) is 0 Å². The molecule has 1 aromatic carbocycles. The molecule has 0 radical (unpaired) electrons. The van der Waals surface area contributed by atoms with E-state index in [2.05, 4.69) is 23.9 Å². The molecule has 2 rings (SSSR count). The summed E-state index contributed by atoms with van der Waals surface area (Å²) in [6, 6.07) is 7.52. The van der Waals surface area contributed by atoms with Gasteiger partial charge in [0.1, 0.15) is 4.90 Å². The Morgan fingerprint density at radius 1 is 1.33 bits per heavy atom. The minimum Gasteiger partial charge on any atom is -0.381 e. The predicted molar refractivity (Wildman–Crippen MR) is 90.5 cm³/mol. The number of anilines is 1. The molecule has 1 aromatic rings. The summed E-state index contributed by atoms with van der Waals surface area (Å²) in [5, 5.41) is 3.34. The Bertz CT molecular complexity index is 557. The number of sulfonamides is 1. The lowest BCUT2D eigenvalue weighted by molar-refractivity contribution is 0.581. The Morgan fingerprint density at radius 2 is 2.05 bits per heavy atom. The zero-order valence-electron chi connectivity index (χ0n) is 12.6. The second-order valence-electron chi connectivity index (χ2n) is 5.42. The van der Waals surface area contributed by atoms with Crippen LogP contribution in [-0.2, 0) is 10.0 Å². The third kappa shape index (κ3) is 5.20. The van der Waals surface area contributed by atoms with Gasteiger partial charge in [-0.05, 0) is 49.8 Å². The molecule has 6 heteroatoms. The Kier molecular flexibility index (Phi) is 5.96. The van der Waals surface area contributed by atoms with Crippen molar-refractivity contribution in [2.75, 3.05) is 16.8 Å². The van der Waals surface area contributed by atoms with E-state index in [1.54, 1.807) is 12.1 Å². The van der Waals surface area contributed by atoms with E-state index in [0.29, 0.717) is 10.6 Å². The number of thioether (sulfide) groups is 1. The average molecular weight is 329 g/mol. The molecule has 0 amide bonds. The van der Waals surface area contributed by atoms with E-state index in [1.807, 2.05) is 23.9 Å². The maximum Gasteiger partial charge on any atom is 0.242 e. The van der Waals surface area contributed by atoms with E-state index in [1.165, 1.54) is 0 Å². The molecule has 0 spiro atoms. The summed E-state index contributed by atoms with van der Waals surface area (Å²) in [5.41, 5.74) is 0.694. The normalized spacial score (nSPS) is 16.7. The fourth-order valence-electron chi connectivity index (χ4n) is 2.05. The Labute approximate surface area is 132 Å². The monoisotopic (exact) mass is 328 g/mol. The number of hydrogen-bond donors (Lipinski definition) is 2. The highest BCUT2D eigenvalue weighted by Gasteiger charge is 2.29. The van der Waals surface area contributed by atoms with Crippen LogP contribution in [0.2, 0.25) is 0 Å². The van der Waals surface area contributed by atoms with Crippen LogP contribution in [0.15, 0.2) is 29.2 Å². The molecule has 118 valence electrons. The number of para-hydroxylation sites is 1. The van der Waals surface area contributed by atoms with Gasteiger partial charge in [-0.3, -0.25) is 0 Å². The predicted octanol–water partition coefficient (Wildman–Crippen LogP) is 3.07. The molecule has 0 aromatic heterocycles. The van der Waals surface area contributed by atoms with Gasteiger partial charge < -0.3 is 5.32 Å². The minimum atomic E-state index is -3.42. The van der Waals surface area contributed by atoms with Crippen molar-refractivity contribution in [1.29, 1.82) is 0 Å². The third-order valence-corrected chi connectivity index (χ3v) is 5.89. The number of rotatable bonds is 9. The van der Waals surface area contributed by atoms with Crippen LogP contribution in [-0.4, -0.2) is 32.0 Å². The van der Waals surface area contributed by atoms with Crippen molar-refractivity contribution in [2.45, 2.75) is 50.1 Å². The molecule has 0 aliphatic heterocycles. The van der Waals surface area contributed by atoms with Crippen molar-refractivity contribution in [3.63, 3.8) is 0 Å². The maximum atomic E-state index is 12.4. The van der Waals surface area contributed by atoms with Crippen LogP contribution < -0.4 is 10.0 Å². The Balaban J connectivity index is 2.05. The van der Waals surface area contributed by atoms with Crippen molar-refractivity contribution in [1.82, 2.24) is 4.72 Å². The lowest BCUT2D eigenvalue weighted by atomic mass is 10.2. The van der Waals surface area contributed by atoms with Crippen LogP contribution in [0.4, 0.5) is 5.69 Å². The molecule has 1 saturated carbocycles. The van der Waals surface area contributed by atoms with Gasteiger partial charge in [0.2, 0.25) is 10.0 Å². The Morgan fingerprint density at radius 3 is 2.71 bits per heavy atom. The molecule has 1 fully saturated rings. The molecule has 1 aliphatic carbocycles. The number of benzene rings is 1. The lowest BCUT2D eigenvalue weighted by Crippen LogP contribution is -2.27. The molecule has 4 nitrogen and oxygen atoms in total. The van der Waals surface area contributed by atoms with Gasteiger partial charge in [-0.25, -0.2) is 13.1 Å². The summed E-state index contributed by atoms with van der Waals surface area (Å²) in [7, 11) is -3.42. The molecule has 21 heavy (non-hydrogen) atoms. The first-order valence-electron chi connectivity index (χ1n) is 7.48. The van der Waals surface area contributed by atoms with Crippen LogP contribution >= 0.6 is 11.8 Å². The van der Waals surface area contributed by atoms with Gasteiger partial charge >= 0.3 is 0 Å². The summed E-state index contributed by atoms with van der Waals surface area (Å²) in [6.07, 6.45) is 2.90. The van der Waals surface area contributed by atoms with E-state index in [0.717, 1.165) is 30.8 Å². The highest BCUT2D eigenvalue weighted by atomic mass is 32.2. The van der Waals surface area contributed by atoms with Gasteiger partial charge in [-0.2, -0.15) is 11.8 Å². The smallest absolute Gasteiger partial charge is 0.242 e. The zero-order chi connectivity index (χ0) is 15.3. The molecule has 1 atom stereocenters. The zero-order valence-corrected chi connectivity index (χ0v) is 14.3. The SMILES string of the molecule is CCSCCC(C)Nc1ccccc1S(=O)(=O)NC1CC1. The van der Waals surface area contributed by atoms with Crippen LogP contribution in [0.3, 0.4) is 0 Å². The topological polar surface area (TPSA) is 58.2 Å². The third-order valence-electron chi connectivity index (χ3n) is 3.38. The van der Waals surface area contributed by atoms with E-state index in [9.17, 15) is 8.42 Å². The molecular formula is C15H24N2O2S2.